The predicted octanol–water partition coefficient (Wildman–Crippen LogP) is 1.92. The fourth-order valence-electron chi connectivity index (χ4n) is 1.70. The average Bonchev–Trinajstić information content (AvgIpc) is 3.08. The van der Waals surface area contributed by atoms with E-state index in [2.05, 4.69) is 32.5 Å². The Morgan fingerprint density at radius 3 is 2.67 bits per heavy atom. The van der Waals surface area contributed by atoms with E-state index in [-0.39, 0.29) is 24.0 Å². The van der Waals surface area contributed by atoms with Crippen LogP contribution in [0.4, 0.5) is 0 Å². The molecule has 6 nitrogen and oxygen atoms in total. The SMILES string of the molecule is CCc1cnc(CNC(=NC)NCc2nccn2C)s1.I. The Kier molecular flexibility index (Phi) is 7.65. The van der Waals surface area contributed by atoms with Crippen LogP contribution in [-0.4, -0.2) is 27.5 Å². The standard InChI is InChI=1S/C13H20N6S.HI/c1-4-10-7-16-12(20-10)9-18-13(14-2)17-8-11-15-5-6-19(11)3;/h5-7H,4,8-9H2,1-3H3,(H2,14,17,18);1H. The monoisotopic (exact) mass is 420 g/mol. The van der Waals surface area contributed by atoms with E-state index in [1.54, 1.807) is 24.6 Å². The molecule has 0 aliphatic rings. The third-order valence-corrected chi connectivity index (χ3v) is 4.06. The molecule has 2 N–H and O–H groups in total. The van der Waals surface area contributed by atoms with Crippen LogP contribution in [-0.2, 0) is 26.6 Å². The van der Waals surface area contributed by atoms with Crippen molar-refractivity contribution in [1.29, 1.82) is 0 Å². The molecule has 0 saturated heterocycles. The molecule has 2 rings (SSSR count). The summed E-state index contributed by atoms with van der Waals surface area (Å²) in [4.78, 5) is 14.1. The lowest BCUT2D eigenvalue weighted by molar-refractivity contribution is 0.726. The maximum absolute atomic E-state index is 4.37. The van der Waals surface area contributed by atoms with Gasteiger partial charge >= 0.3 is 0 Å². The fraction of sp³-hybridized carbons (Fsp3) is 0.462. The molecule has 2 aromatic rings. The molecule has 0 atom stereocenters. The van der Waals surface area contributed by atoms with Crippen LogP contribution in [0.3, 0.4) is 0 Å². The van der Waals surface area contributed by atoms with Gasteiger partial charge in [-0.1, -0.05) is 6.92 Å². The van der Waals surface area contributed by atoms with Crippen LogP contribution in [0, 0.1) is 0 Å². The third-order valence-electron chi connectivity index (χ3n) is 2.92. The minimum absolute atomic E-state index is 0. The smallest absolute Gasteiger partial charge is 0.191 e. The number of aryl methyl sites for hydroxylation is 2. The molecule has 0 aromatic carbocycles. The molecule has 0 aliphatic heterocycles. The summed E-state index contributed by atoms with van der Waals surface area (Å²) in [6, 6.07) is 0. The molecule has 116 valence electrons. The van der Waals surface area contributed by atoms with Crippen LogP contribution in [0.15, 0.2) is 23.6 Å². The largest absolute Gasteiger partial charge is 0.350 e. The minimum Gasteiger partial charge on any atom is -0.350 e. The van der Waals surface area contributed by atoms with Gasteiger partial charge in [-0.15, -0.1) is 35.3 Å². The molecule has 0 unspecified atom stereocenters. The van der Waals surface area contributed by atoms with Gasteiger partial charge in [-0.25, -0.2) is 9.97 Å². The number of nitrogens with zero attached hydrogens (tertiary/aromatic N) is 4. The van der Waals surface area contributed by atoms with Gasteiger partial charge < -0.3 is 15.2 Å². The Bertz CT molecular complexity index is 577. The summed E-state index contributed by atoms with van der Waals surface area (Å²) in [5, 5.41) is 7.56. The van der Waals surface area contributed by atoms with Gasteiger partial charge in [0.15, 0.2) is 5.96 Å². The molecule has 8 heteroatoms. The van der Waals surface area contributed by atoms with E-state index >= 15 is 0 Å². The van der Waals surface area contributed by atoms with Crippen molar-refractivity contribution in [3.63, 3.8) is 0 Å². The lowest BCUT2D eigenvalue weighted by Crippen LogP contribution is -2.36. The molecule has 0 bridgehead atoms. The number of hydrogen-bond acceptors (Lipinski definition) is 4. The first-order valence-electron chi connectivity index (χ1n) is 6.57. The van der Waals surface area contributed by atoms with Crippen LogP contribution in [0.2, 0.25) is 0 Å². The van der Waals surface area contributed by atoms with Gasteiger partial charge in [0, 0.05) is 37.6 Å². The topological polar surface area (TPSA) is 67.1 Å². The highest BCUT2D eigenvalue weighted by Gasteiger charge is 2.04. The summed E-state index contributed by atoms with van der Waals surface area (Å²) in [5.41, 5.74) is 0. The number of imidazole rings is 1. The van der Waals surface area contributed by atoms with Gasteiger partial charge in [0.25, 0.3) is 0 Å². The van der Waals surface area contributed by atoms with Gasteiger partial charge in [0.2, 0.25) is 0 Å². The summed E-state index contributed by atoms with van der Waals surface area (Å²) in [5.74, 6) is 1.72. The van der Waals surface area contributed by atoms with Crippen LogP contribution >= 0.6 is 35.3 Å². The quantitative estimate of drug-likeness (QED) is 0.441. The van der Waals surface area contributed by atoms with E-state index in [1.165, 1.54) is 4.88 Å². The minimum atomic E-state index is 0. The first-order chi connectivity index (χ1) is 9.72. The molecule has 21 heavy (non-hydrogen) atoms. The number of rotatable bonds is 5. The maximum atomic E-state index is 4.37. The number of nitrogens with one attached hydrogen (secondary N) is 2. The number of hydrogen-bond donors (Lipinski definition) is 2. The normalized spacial score (nSPS) is 11.1. The van der Waals surface area contributed by atoms with Crippen molar-refractivity contribution in [2.45, 2.75) is 26.4 Å². The highest BCUT2D eigenvalue weighted by atomic mass is 127. The molecular weight excluding hydrogens is 399 g/mol. The number of halogens is 1. The van der Waals surface area contributed by atoms with E-state index < -0.39 is 0 Å². The van der Waals surface area contributed by atoms with Crippen molar-refractivity contribution in [1.82, 2.24) is 25.2 Å². The van der Waals surface area contributed by atoms with Crippen LogP contribution in [0.1, 0.15) is 22.6 Å². The maximum Gasteiger partial charge on any atom is 0.191 e. The van der Waals surface area contributed by atoms with Crippen molar-refractivity contribution in [2.75, 3.05) is 7.05 Å². The van der Waals surface area contributed by atoms with E-state index in [1.807, 2.05) is 24.0 Å². The highest BCUT2D eigenvalue weighted by molar-refractivity contribution is 14.0. The molecule has 2 heterocycles. The Labute approximate surface area is 146 Å². The van der Waals surface area contributed by atoms with E-state index in [0.29, 0.717) is 13.1 Å². The molecule has 2 aromatic heterocycles. The first kappa shape index (κ1) is 17.9. The Hall–Kier alpha value is -1.16. The van der Waals surface area contributed by atoms with Gasteiger partial charge in [-0.2, -0.15) is 0 Å². The van der Waals surface area contributed by atoms with Gasteiger partial charge in [0.1, 0.15) is 10.8 Å². The molecule has 0 saturated carbocycles. The zero-order valence-corrected chi connectivity index (χ0v) is 15.6. The van der Waals surface area contributed by atoms with Crippen molar-refractivity contribution in [2.24, 2.45) is 12.0 Å². The highest BCUT2D eigenvalue weighted by Crippen LogP contribution is 2.12. The second-order valence-electron chi connectivity index (χ2n) is 4.31. The molecular formula is C13H21IN6S. The average molecular weight is 420 g/mol. The molecule has 0 radical (unpaired) electrons. The summed E-state index contributed by atoms with van der Waals surface area (Å²) >= 11 is 1.73. The van der Waals surface area contributed by atoms with Gasteiger partial charge in [-0.05, 0) is 6.42 Å². The second kappa shape index (κ2) is 8.98. The molecule has 0 fully saturated rings. The Morgan fingerprint density at radius 1 is 1.33 bits per heavy atom. The number of aliphatic imine (C=N–C) groups is 1. The zero-order chi connectivity index (χ0) is 14.4. The van der Waals surface area contributed by atoms with Gasteiger partial charge in [0.05, 0.1) is 13.1 Å². The van der Waals surface area contributed by atoms with Crippen molar-refractivity contribution < 1.29 is 0 Å². The first-order valence-corrected chi connectivity index (χ1v) is 7.39. The van der Waals surface area contributed by atoms with Gasteiger partial charge in [-0.3, -0.25) is 4.99 Å². The summed E-state index contributed by atoms with van der Waals surface area (Å²) in [6.07, 6.45) is 6.68. The number of thiazole rings is 1. The van der Waals surface area contributed by atoms with E-state index in [9.17, 15) is 0 Å². The molecule has 0 spiro atoms. The Balaban J connectivity index is 0.00000220. The summed E-state index contributed by atoms with van der Waals surface area (Å²) in [6.45, 7) is 3.46. The van der Waals surface area contributed by atoms with E-state index in [4.69, 9.17) is 0 Å². The number of aromatic nitrogens is 3. The van der Waals surface area contributed by atoms with E-state index in [0.717, 1.165) is 23.2 Å². The molecule has 0 amide bonds. The fourth-order valence-corrected chi connectivity index (χ4v) is 2.50. The number of guanidine groups is 1. The second-order valence-corrected chi connectivity index (χ2v) is 5.51. The predicted molar refractivity (Wildman–Crippen MR) is 97.2 cm³/mol. The Morgan fingerprint density at radius 2 is 2.10 bits per heavy atom. The zero-order valence-electron chi connectivity index (χ0n) is 12.5. The summed E-state index contributed by atoms with van der Waals surface area (Å²) < 4.78 is 1.98. The third kappa shape index (κ3) is 5.27. The molecule has 0 aliphatic carbocycles. The lowest BCUT2D eigenvalue weighted by Gasteiger charge is -2.10. The summed E-state index contributed by atoms with van der Waals surface area (Å²) in [7, 11) is 3.73. The van der Waals surface area contributed by atoms with Crippen molar-refractivity contribution >= 4 is 41.3 Å². The van der Waals surface area contributed by atoms with Crippen molar-refractivity contribution in [3.05, 3.63) is 34.3 Å². The van der Waals surface area contributed by atoms with Crippen LogP contribution in [0.5, 0.6) is 0 Å². The lowest BCUT2D eigenvalue weighted by atomic mass is 10.4. The van der Waals surface area contributed by atoms with Crippen molar-refractivity contribution in [3.8, 4) is 0 Å². The van der Waals surface area contributed by atoms with Crippen LogP contribution < -0.4 is 10.6 Å². The van der Waals surface area contributed by atoms with Crippen LogP contribution in [0.25, 0.3) is 0 Å².